The molecule has 2 N–H and O–H groups in total. The van der Waals surface area contributed by atoms with Gasteiger partial charge in [-0.2, -0.15) is 13.2 Å². The first kappa shape index (κ1) is 25.1. The van der Waals surface area contributed by atoms with Gasteiger partial charge in [0.1, 0.15) is 18.2 Å². The van der Waals surface area contributed by atoms with Gasteiger partial charge in [-0.1, -0.05) is 48.5 Å². The highest BCUT2D eigenvalue weighted by Gasteiger charge is 2.45. The number of carboxylic acid groups (broad SMARTS) is 1. The minimum Gasteiger partial charge on any atom is -0.480 e. The van der Waals surface area contributed by atoms with Crippen LogP contribution in [0.1, 0.15) is 37.3 Å². The molecule has 1 aliphatic carbocycles. The Bertz CT molecular complexity index is 1050. The maximum atomic E-state index is 13.5. The molecule has 10 heteroatoms. The third-order valence-corrected chi connectivity index (χ3v) is 6.15. The molecule has 3 rings (SSSR count). The number of carbonyl (C=O) groups is 3. The summed E-state index contributed by atoms with van der Waals surface area (Å²) < 4.78 is 45.8. The van der Waals surface area contributed by atoms with E-state index in [2.05, 4.69) is 0 Å². The number of fused-ring (bicyclic) bond motifs is 3. The first-order valence-electron chi connectivity index (χ1n) is 10.5. The van der Waals surface area contributed by atoms with Gasteiger partial charge in [-0.15, -0.1) is 0 Å². The molecule has 1 atom stereocenters. The van der Waals surface area contributed by atoms with Crippen LogP contribution < -0.4 is 5.32 Å². The Morgan fingerprint density at radius 3 is 2.00 bits per heavy atom. The molecule has 34 heavy (non-hydrogen) atoms. The van der Waals surface area contributed by atoms with Gasteiger partial charge in [0, 0.05) is 13.0 Å². The molecule has 0 aromatic heterocycles. The summed E-state index contributed by atoms with van der Waals surface area (Å²) >= 11 is 0. The van der Waals surface area contributed by atoms with Crippen molar-refractivity contribution >= 4 is 18.0 Å². The summed E-state index contributed by atoms with van der Waals surface area (Å²) in [6.07, 6.45) is -7.44. The number of rotatable bonds is 7. The molecule has 2 amide bonds. The molecule has 7 nitrogen and oxygen atoms in total. The quantitative estimate of drug-likeness (QED) is 0.623. The molecule has 0 aliphatic heterocycles. The molecular weight excluding hydrogens is 453 g/mol. The first-order chi connectivity index (χ1) is 15.8. The van der Waals surface area contributed by atoms with Crippen LogP contribution >= 0.6 is 0 Å². The molecule has 0 saturated carbocycles. The van der Waals surface area contributed by atoms with Gasteiger partial charge < -0.3 is 20.1 Å². The monoisotopic (exact) mass is 478 g/mol. The average Bonchev–Trinajstić information content (AvgIpc) is 3.09. The number of nitrogens with zero attached hydrogens (tertiary/aromatic N) is 1. The van der Waals surface area contributed by atoms with E-state index in [1.165, 1.54) is 13.8 Å². The molecule has 2 aromatic rings. The van der Waals surface area contributed by atoms with Gasteiger partial charge in [-0.3, -0.25) is 4.79 Å². The van der Waals surface area contributed by atoms with Crippen molar-refractivity contribution in [3.05, 3.63) is 59.7 Å². The summed E-state index contributed by atoms with van der Waals surface area (Å²) in [5, 5.41) is 10.9. The van der Waals surface area contributed by atoms with Crippen LogP contribution in [-0.4, -0.2) is 59.4 Å². The normalized spacial score (nSPS) is 14.1. The molecule has 0 spiro atoms. The van der Waals surface area contributed by atoms with Gasteiger partial charge in [-0.05, 0) is 36.1 Å². The lowest BCUT2D eigenvalue weighted by Crippen LogP contribution is -2.54. The number of halogens is 3. The van der Waals surface area contributed by atoms with E-state index < -0.39 is 42.1 Å². The van der Waals surface area contributed by atoms with E-state index in [0.29, 0.717) is 4.90 Å². The fourth-order valence-corrected chi connectivity index (χ4v) is 3.80. The zero-order chi connectivity index (χ0) is 25.3. The van der Waals surface area contributed by atoms with Crippen molar-refractivity contribution in [2.75, 3.05) is 13.7 Å². The van der Waals surface area contributed by atoms with E-state index in [9.17, 15) is 32.7 Å². The second-order valence-corrected chi connectivity index (χ2v) is 8.59. The summed E-state index contributed by atoms with van der Waals surface area (Å²) in [4.78, 5) is 36.6. The largest absolute Gasteiger partial charge is 0.480 e. The Morgan fingerprint density at radius 1 is 1.03 bits per heavy atom. The summed E-state index contributed by atoms with van der Waals surface area (Å²) in [5.41, 5.74) is 2.01. The smallest absolute Gasteiger partial charge is 0.409 e. The second kappa shape index (κ2) is 9.36. The van der Waals surface area contributed by atoms with Crippen LogP contribution in [0.5, 0.6) is 0 Å². The van der Waals surface area contributed by atoms with Crippen molar-refractivity contribution in [2.45, 2.75) is 43.9 Å². The van der Waals surface area contributed by atoms with Gasteiger partial charge >= 0.3 is 18.2 Å². The van der Waals surface area contributed by atoms with Crippen LogP contribution in [0.15, 0.2) is 48.5 Å². The summed E-state index contributed by atoms with van der Waals surface area (Å²) in [5.74, 6) is -2.81. The minimum atomic E-state index is -4.95. The molecule has 182 valence electrons. The van der Waals surface area contributed by atoms with E-state index in [1.54, 1.807) is 5.32 Å². The van der Waals surface area contributed by atoms with Crippen molar-refractivity contribution in [2.24, 2.45) is 0 Å². The van der Waals surface area contributed by atoms with Crippen LogP contribution in [0.3, 0.4) is 0 Å². The number of carboxylic acids is 1. The van der Waals surface area contributed by atoms with Gasteiger partial charge in [-0.25, -0.2) is 9.59 Å². The molecule has 0 heterocycles. The lowest BCUT2D eigenvalue weighted by molar-refractivity contribution is -0.167. The van der Waals surface area contributed by atoms with Crippen molar-refractivity contribution in [1.82, 2.24) is 10.2 Å². The number of hydrogen-bond donors (Lipinski definition) is 2. The number of aliphatic carboxylic acids is 1. The molecule has 0 radical (unpaired) electrons. The third-order valence-electron chi connectivity index (χ3n) is 6.15. The first-order valence-corrected chi connectivity index (χ1v) is 10.5. The van der Waals surface area contributed by atoms with Crippen LogP contribution in [0, 0.1) is 0 Å². The maximum Gasteiger partial charge on any atom is 0.409 e. The summed E-state index contributed by atoms with van der Waals surface area (Å²) in [6, 6.07) is 12.5. The highest BCUT2D eigenvalue weighted by molar-refractivity contribution is 5.86. The van der Waals surface area contributed by atoms with E-state index >= 15 is 0 Å². The van der Waals surface area contributed by atoms with Gasteiger partial charge in [0.05, 0.1) is 6.42 Å². The third kappa shape index (κ3) is 5.00. The highest BCUT2D eigenvalue weighted by Crippen LogP contribution is 2.44. The Morgan fingerprint density at radius 2 is 1.53 bits per heavy atom. The van der Waals surface area contributed by atoms with Crippen molar-refractivity contribution in [3.63, 3.8) is 0 Å². The fourth-order valence-electron chi connectivity index (χ4n) is 3.80. The van der Waals surface area contributed by atoms with Crippen LogP contribution in [-0.2, 0) is 14.3 Å². The highest BCUT2D eigenvalue weighted by atomic mass is 19.4. The molecule has 0 saturated heterocycles. The predicted octanol–water partition coefficient (Wildman–Crippen LogP) is 4.17. The molecule has 0 fully saturated rings. The number of likely N-dealkylation sites (N-methyl/N-ethyl adjacent to an activating group) is 1. The second-order valence-electron chi connectivity index (χ2n) is 8.59. The number of alkyl halides is 3. The Balaban J connectivity index is 1.69. The zero-order valence-electron chi connectivity index (χ0n) is 18.8. The zero-order valence-corrected chi connectivity index (χ0v) is 18.8. The Hall–Kier alpha value is -3.56. The number of alkyl carbamates (subject to hydrolysis) is 1. The summed E-state index contributed by atoms with van der Waals surface area (Å²) in [6.45, 7) is 2.19. The Kier molecular flexibility index (Phi) is 6.90. The number of amides is 2. The predicted molar refractivity (Wildman–Crippen MR) is 117 cm³/mol. The lowest BCUT2D eigenvalue weighted by atomic mass is 9.98. The van der Waals surface area contributed by atoms with Crippen molar-refractivity contribution < 1.29 is 37.4 Å². The maximum absolute atomic E-state index is 13.5. The van der Waals surface area contributed by atoms with Crippen LogP contribution in [0.2, 0.25) is 0 Å². The number of nitrogens with one attached hydrogen (secondary N) is 1. The average molecular weight is 478 g/mol. The van der Waals surface area contributed by atoms with E-state index in [-0.39, 0.29) is 12.5 Å². The molecule has 2 aromatic carbocycles. The molecule has 0 bridgehead atoms. The van der Waals surface area contributed by atoms with Crippen LogP contribution in [0.25, 0.3) is 11.1 Å². The van der Waals surface area contributed by atoms with E-state index in [0.717, 1.165) is 29.3 Å². The van der Waals surface area contributed by atoms with Crippen LogP contribution in [0.4, 0.5) is 18.0 Å². The van der Waals surface area contributed by atoms with Crippen molar-refractivity contribution in [3.8, 4) is 11.1 Å². The molecule has 1 aliphatic rings. The van der Waals surface area contributed by atoms with E-state index in [1.807, 2.05) is 48.5 Å². The number of hydrogen-bond acceptors (Lipinski definition) is 4. The van der Waals surface area contributed by atoms with Gasteiger partial charge in [0.2, 0.25) is 5.91 Å². The molecule has 1 unspecified atom stereocenters. The van der Waals surface area contributed by atoms with Crippen molar-refractivity contribution in [1.29, 1.82) is 0 Å². The lowest BCUT2D eigenvalue weighted by Gasteiger charge is -2.33. The number of ether oxygens (including phenoxy) is 1. The Labute approximate surface area is 194 Å². The summed E-state index contributed by atoms with van der Waals surface area (Å²) in [7, 11) is 1.09. The molecular formula is C24H25F3N2O5. The topological polar surface area (TPSA) is 95.9 Å². The minimum absolute atomic E-state index is 0.190. The number of carbonyl (C=O) groups excluding carboxylic acids is 2. The standard InChI is InChI=1S/C24H25F3N2O5/c1-23(2,21(31)32)29(3)20(30)12-19(24(25,26)27)28-22(33)34-13-18-16-10-6-4-8-14(16)15-9-5-7-11-17(15)18/h4-11,18-19H,12-13H2,1-3H3,(H,28,33)(H,31,32). The van der Waals surface area contributed by atoms with Gasteiger partial charge in [0.15, 0.2) is 0 Å². The fraction of sp³-hybridized carbons (Fsp3) is 0.375. The van der Waals surface area contributed by atoms with Gasteiger partial charge in [0.25, 0.3) is 0 Å². The van der Waals surface area contributed by atoms with E-state index in [4.69, 9.17) is 4.74 Å². The SMILES string of the molecule is CN(C(=O)CC(NC(=O)OCC1c2ccccc2-c2ccccc21)C(F)(F)F)C(C)(C)C(=O)O. The number of benzene rings is 2.